The van der Waals surface area contributed by atoms with E-state index in [-0.39, 0.29) is 0 Å². The normalized spacial score (nSPS) is 25.8. The van der Waals surface area contributed by atoms with Crippen LogP contribution < -0.4 is 11.1 Å². The van der Waals surface area contributed by atoms with Crippen molar-refractivity contribution in [2.45, 2.75) is 6.42 Å². The van der Waals surface area contributed by atoms with Crippen molar-refractivity contribution in [3.63, 3.8) is 0 Å². The van der Waals surface area contributed by atoms with Gasteiger partial charge in [0.05, 0.1) is 0 Å². The highest BCUT2D eigenvalue weighted by atomic mass is 14.9. The van der Waals surface area contributed by atoms with Gasteiger partial charge in [-0.15, -0.1) is 0 Å². The Hall–Kier alpha value is -0.830. The summed E-state index contributed by atoms with van der Waals surface area (Å²) in [6.45, 7) is 1.97. The molecule has 0 radical (unpaired) electrons. The maximum atomic E-state index is 7.48. The lowest BCUT2D eigenvalue weighted by atomic mass is 10.0. The van der Waals surface area contributed by atoms with Crippen LogP contribution in [-0.2, 0) is 0 Å². The van der Waals surface area contributed by atoms with Crippen molar-refractivity contribution in [2.75, 3.05) is 13.1 Å². The summed E-state index contributed by atoms with van der Waals surface area (Å²) in [6.07, 6.45) is 4.17. The van der Waals surface area contributed by atoms with Crippen molar-refractivity contribution >= 4 is 5.71 Å². The lowest BCUT2D eigenvalue weighted by Gasteiger charge is -2.03. The molecule has 0 aromatic carbocycles. The van der Waals surface area contributed by atoms with Crippen LogP contribution in [0.25, 0.3) is 0 Å². The second-order valence-corrected chi connectivity index (χ2v) is 2.50. The lowest BCUT2D eigenvalue weighted by Crippen LogP contribution is -2.15. The number of allylic oxidation sites excluding steroid dienone is 1. The minimum Gasteiger partial charge on any atom is -0.405 e. The van der Waals surface area contributed by atoms with Crippen LogP contribution in [0.15, 0.2) is 12.3 Å². The van der Waals surface area contributed by atoms with Crippen molar-refractivity contribution in [3.8, 4) is 0 Å². The molecule has 1 heterocycles. The summed E-state index contributed by atoms with van der Waals surface area (Å²) in [5.41, 5.74) is 5.80. The van der Waals surface area contributed by atoms with Gasteiger partial charge < -0.3 is 16.5 Å². The Bertz CT molecular complexity index is 145. The molecule has 3 heteroatoms. The van der Waals surface area contributed by atoms with Gasteiger partial charge in [0.1, 0.15) is 0 Å². The van der Waals surface area contributed by atoms with Gasteiger partial charge in [-0.3, -0.25) is 0 Å². The summed E-state index contributed by atoms with van der Waals surface area (Å²) in [7, 11) is 0. The maximum Gasteiger partial charge on any atom is 0.0372 e. The fourth-order valence-electron chi connectivity index (χ4n) is 1.16. The van der Waals surface area contributed by atoms with Gasteiger partial charge in [0.2, 0.25) is 0 Å². The van der Waals surface area contributed by atoms with Gasteiger partial charge in [-0.2, -0.15) is 0 Å². The predicted octanol–water partition coefficient (Wildman–Crippen LogP) is 0.0881. The Morgan fingerprint density at radius 1 is 1.70 bits per heavy atom. The average molecular weight is 139 g/mol. The molecule has 0 spiro atoms. The number of nitrogens with one attached hydrogen (secondary N) is 2. The molecule has 1 aliphatic rings. The molecule has 3 nitrogen and oxygen atoms in total. The zero-order valence-corrected chi connectivity index (χ0v) is 5.93. The van der Waals surface area contributed by atoms with Gasteiger partial charge in [0, 0.05) is 18.2 Å². The fourth-order valence-corrected chi connectivity index (χ4v) is 1.16. The van der Waals surface area contributed by atoms with E-state index in [0.29, 0.717) is 11.6 Å². The topological polar surface area (TPSA) is 61.9 Å². The first kappa shape index (κ1) is 7.28. The number of nitrogens with two attached hydrogens (primary N) is 1. The highest BCUT2D eigenvalue weighted by molar-refractivity contribution is 5.94. The first-order chi connectivity index (χ1) is 4.84. The molecule has 1 saturated heterocycles. The number of hydrogen-bond acceptors (Lipinski definition) is 3. The third-order valence-corrected chi connectivity index (χ3v) is 1.78. The van der Waals surface area contributed by atoms with Gasteiger partial charge in [0.25, 0.3) is 0 Å². The first-order valence-corrected chi connectivity index (χ1v) is 3.52. The average Bonchev–Trinajstić information content (AvgIpc) is 2.38. The molecular formula is C7H13N3. The van der Waals surface area contributed by atoms with Crippen molar-refractivity contribution in [3.05, 3.63) is 12.3 Å². The highest BCUT2D eigenvalue weighted by Gasteiger charge is 2.16. The van der Waals surface area contributed by atoms with E-state index in [1.165, 1.54) is 6.20 Å². The van der Waals surface area contributed by atoms with Gasteiger partial charge in [0.15, 0.2) is 0 Å². The predicted molar refractivity (Wildman–Crippen MR) is 42.0 cm³/mol. The standard InChI is InChI=1S/C7H13N3/c8-3-1-7(9)6-2-4-10-5-6/h1,3,6,9-10H,2,4-5,8H2/b3-1-,9-7?. The van der Waals surface area contributed by atoms with Crippen molar-refractivity contribution in [2.24, 2.45) is 11.7 Å². The van der Waals surface area contributed by atoms with Crippen LogP contribution >= 0.6 is 0 Å². The molecule has 4 N–H and O–H groups in total. The van der Waals surface area contributed by atoms with Crippen LogP contribution in [0.1, 0.15) is 6.42 Å². The fraction of sp³-hybridized carbons (Fsp3) is 0.571. The summed E-state index contributed by atoms with van der Waals surface area (Å²) in [5.74, 6) is 0.389. The molecule has 1 atom stereocenters. The summed E-state index contributed by atoms with van der Waals surface area (Å²) >= 11 is 0. The Morgan fingerprint density at radius 2 is 2.50 bits per heavy atom. The van der Waals surface area contributed by atoms with Crippen molar-refractivity contribution in [1.29, 1.82) is 5.41 Å². The van der Waals surface area contributed by atoms with E-state index in [4.69, 9.17) is 11.1 Å². The van der Waals surface area contributed by atoms with E-state index in [2.05, 4.69) is 5.32 Å². The summed E-state index contributed by atoms with van der Waals surface area (Å²) in [4.78, 5) is 0. The molecule has 1 fully saturated rings. The molecule has 1 rings (SSSR count). The Balaban J connectivity index is 2.40. The first-order valence-electron chi connectivity index (χ1n) is 3.52. The van der Waals surface area contributed by atoms with Crippen LogP contribution in [0, 0.1) is 11.3 Å². The second-order valence-electron chi connectivity index (χ2n) is 2.50. The van der Waals surface area contributed by atoms with E-state index >= 15 is 0 Å². The minimum atomic E-state index is 0.389. The molecular weight excluding hydrogens is 126 g/mol. The summed E-state index contributed by atoms with van der Waals surface area (Å²) < 4.78 is 0. The third-order valence-electron chi connectivity index (χ3n) is 1.78. The van der Waals surface area contributed by atoms with Crippen LogP contribution in [0.2, 0.25) is 0 Å². The number of hydrogen-bond donors (Lipinski definition) is 3. The molecule has 0 bridgehead atoms. The molecule has 0 aliphatic carbocycles. The van der Waals surface area contributed by atoms with Gasteiger partial charge >= 0.3 is 0 Å². The molecule has 10 heavy (non-hydrogen) atoms. The van der Waals surface area contributed by atoms with E-state index in [0.717, 1.165) is 19.5 Å². The molecule has 56 valence electrons. The molecule has 1 aliphatic heterocycles. The quantitative estimate of drug-likeness (QED) is 0.475. The second kappa shape index (κ2) is 3.37. The van der Waals surface area contributed by atoms with Gasteiger partial charge in [-0.05, 0) is 25.2 Å². The zero-order valence-electron chi connectivity index (χ0n) is 5.93. The SMILES string of the molecule is N=C(/C=C\N)C1CCNC1. The number of rotatable bonds is 2. The Kier molecular flexibility index (Phi) is 2.45. The minimum absolute atomic E-state index is 0.389. The van der Waals surface area contributed by atoms with Crippen molar-refractivity contribution in [1.82, 2.24) is 5.32 Å². The van der Waals surface area contributed by atoms with Gasteiger partial charge in [-0.1, -0.05) is 0 Å². The van der Waals surface area contributed by atoms with Crippen LogP contribution in [-0.4, -0.2) is 18.8 Å². The van der Waals surface area contributed by atoms with Crippen LogP contribution in [0.5, 0.6) is 0 Å². The van der Waals surface area contributed by atoms with Crippen LogP contribution in [0.3, 0.4) is 0 Å². The van der Waals surface area contributed by atoms with E-state index in [1.807, 2.05) is 0 Å². The van der Waals surface area contributed by atoms with E-state index in [1.54, 1.807) is 6.08 Å². The van der Waals surface area contributed by atoms with Gasteiger partial charge in [-0.25, -0.2) is 0 Å². The lowest BCUT2D eigenvalue weighted by molar-refractivity contribution is 0.770. The summed E-state index contributed by atoms with van der Waals surface area (Å²) in [6, 6.07) is 0. The monoisotopic (exact) mass is 139 g/mol. The zero-order chi connectivity index (χ0) is 7.40. The molecule has 1 unspecified atom stereocenters. The molecule has 0 saturated carbocycles. The smallest absolute Gasteiger partial charge is 0.0372 e. The highest BCUT2D eigenvalue weighted by Crippen LogP contribution is 2.08. The molecule has 0 amide bonds. The van der Waals surface area contributed by atoms with Crippen molar-refractivity contribution < 1.29 is 0 Å². The molecule has 0 aromatic rings. The van der Waals surface area contributed by atoms with E-state index in [9.17, 15) is 0 Å². The largest absolute Gasteiger partial charge is 0.405 e. The van der Waals surface area contributed by atoms with Crippen LogP contribution in [0.4, 0.5) is 0 Å². The summed E-state index contributed by atoms with van der Waals surface area (Å²) in [5, 5.41) is 10.7. The van der Waals surface area contributed by atoms with E-state index < -0.39 is 0 Å². The maximum absolute atomic E-state index is 7.48. The Morgan fingerprint density at radius 3 is 3.00 bits per heavy atom. The molecule has 0 aromatic heterocycles. The Labute approximate surface area is 60.8 Å². The third kappa shape index (κ3) is 1.57.